The van der Waals surface area contributed by atoms with Crippen LogP contribution in [0.2, 0.25) is 0 Å². The predicted octanol–water partition coefficient (Wildman–Crippen LogP) is 0.864. The third-order valence-electron chi connectivity index (χ3n) is 2.34. The van der Waals surface area contributed by atoms with E-state index in [4.69, 9.17) is 4.74 Å². The zero-order valence-corrected chi connectivity index (χ0v) is 12.1. The normalized spacial score (nSPS) is 14.2. The van der Waals surface area contributed by atoms with Gasteiger partial charge in [-0.3, -0.25) is 0 Å². The number of amides is 2. The summed E-state index contributed by atoms with van der Waals surface area (Å²) in [5, 5.41) is 14.2. The van der Waals surface area contributed by atoms with Crippen LogP contribution in [-0.2, 0) is 9.47 Å². The van der Waals surface area contributed by atoms with E-state index in [9.17, 15) is 14.7 Å². The molecule has 7 heteroatoms. The van der Waals surface area contributed by atoms with Crippen LogP contribution in [0.4, 0.5) is 9.59 Å². The number of carbonyl (C=O) groups excluding carboxylic acids is 2. The second-order valence-electron chi connectivity index (χ2n) is 5.29. The van der Waals surface area contributed by atoms with Gasteiger partial charge in [0.25, 0.3) is 0 Å². The summed E-state index contributed by atoms with van der Waals surface area (Å²) in [6.45, 7) is 7.12. The first kappa shape index (κ1) is 17.5. The number of carbonyl (C=O) groups is 2. The Morgan fingerprint density at radius 1 is 1.26 bits per heavy atom. The fourth-order valence-corrected chi connectivity index (χ4v) is 1.28. The van der Waals surface area contributed by atoms with E-state index in [-0.39, 0.29) is 19.1 Å². The molecule has 0 saturated carbocycles. The molecule has 0 fully saturated rings. The number of hydrogen-bond acceptors (Lipinski definition) is 5. The Hall–Kier alpha value is -1.50. The van der Waals surface area contributed by atoms with Gasteiger partial charge in [0, 0.05) is 6.54 Å². The molecule has 112 valence electrons. The minimum absolute atomic E-state index is 0.170. The molecule has 3 N–H and O–H groups in total. The molecule has 0 rings (SSSR count). The van der Waals surface area contributed by atoms with E-state index < -0.39 is 23.8 Å². The lowest BCUT2D eigenvalue weighted by Crippen LogP contribution is -2.46. The Morgan fingerprint density at radius 3 is 2.26 bits per heavy atom. The third kappa shape index (κ3) is 8.25. The van der Waals surface area contributed by atoms with Crippen molar-refractivity contribution in [2.24, 2.45) is 5.92 Å². The van der Waals surface area contributed by atoms with E-state index in [1.165, 1.54) is 7.11 Å². The second kappa shape index (κ2) is 7.83. The van der Waals surface area contributed by atoms with Gasteiger partial charge in [-0.15, -0.1) is 0 Å². The molecule has 2 amide bonds. The Kier molecular flexibility index (Phi) is 7.21. The number of alkyl carbamates (subject to hydrolysis) is 2. The third-order valence-corrected chi connectivity index (χ3v) is 2.34. The van der Waals surface area contributed by atoms with E-state index in [0.717, 1.165) is 0 Å². The van der Waals surface area contributed by atoms with Crippen molar-refractivity contribution in [3.8, 4) is 0 Å². The largest absolute Gasteiger partial charge is 0.453 e. The van der Waals surface area contributed by atoms with E-state index in [1.807, 2.05) is 0 Å². The molecule has 0 saturated heterocycles. The van der Waals surface area contributed by atoms with Crippen molar-refractivity contribution < 1.29 is 24.2 Å². The molecule has 0 aromatic rings. The van der Waals surface area contributed by atoms with Crippen LogP contribution in [0.15, 0.2) is 0 Å². The van der Waals surface area contributed by atoms with Crippen molar-refractivity contribution in [2.75, 3.05) is 20.3 Å². The summed E-state index contributed by atoms with van der Waals surface area (Å²) >= 11 is 0. The molecule has 19 heavy (non-hydrogen) atoms. The highest BCUT2D eigenvalue weighted by molar-refractivity contribution is 5.68. The maximum atomic E-state index is 11.4. The van der Waals surface area contributed by atoms with Crippen LogP contribution in [0.3, 0.4) is 0 Å². The molecule has 2 atom stereocenters. The fraction of sp³-hybridized carbons (Fsp3) is 0.833. The van der Waals surface area contributed by atoms with Crippen LogP contribution in [0.25, 0.3) is 0 Å². The highest BCUT2D eigenvalue weighted by Crippen LogP contribution is 2.07. The van der Waals surface area contributed by atoms with Gasteiger partial charge in [-0.05, 0) is 26.7 Å². The quantitative estimate of drug-likeness (QED) is 0.692. The Morgan fingerprint density at radius 2 is 1.84 bits per heavy atom. The van der Waals surface area contributed by atoms with Gasteiger partial charge < -0.3 is 25.2 Å². The van der Waals surface area contributed by atoms with Crippen molar-refractivity contribution in [1.29, 1.82) is 0 Å². The first-order chi connectivity index (χ1) is 8.69. The van der Waals surface area contributed by atoms with Crippen LogP contribution in [0, 0.1) is 5.92 Å². The maximum absolute atomic E-state index is 11.4. The van der Waals surface area contributed by atoms with Crippen molar-refractivity contribution in [3.63, 3.8) is 0 Å². The van der Waals surface area contributed by atoms with E-state index >= 15 is 0 Å². The summed E-state index contributed by atoms with van der Waals surface area (Å²) in [7, 11) is 1.24. The molecule has 0 aromatic heterocycles. The van der Waals surface area contributed by atoms with E-state index in [2.05, 4.69) is 15.4 Å². The van der Waals surface area contributed by atoms with Crippen LogP contribution in [-0.4, -0.2) is 49.2 Å². The van der Waals surface area contributed by atoms with Crippen LogP contribution in [0.1, 0.15) is 27.7 Å². The van der Waals surface area contributed by atoms with Crippen LogP contribution >= 0.6 is 0 Å². The lowest BCUT2D eigenvalue weighted by molar-refractivity contribution is 0.0513. The van der Waals surface area contributed by atoms with E-state index in [0.29, 0.717) is 0 Å². The minimum atomic E-state index is -0.622. The smallest absolute Gasteiger partial charge is 0.407 e. The first-order valence-electron chi connectivity index (χ1n) is 6.11. The van der Waals surface area contributed by atoms with E-state index in [1.54, 1.807) is 27.7 Å². The highest BCUT2D eigenvalue weighted by atomic mass is 16.6. The number of hydrogen-bond donors (Lipinski definition) is 3. The molecule has 0 bridgehead atoms. The number of methoxy groups -OCH3 is 1. The standard InChI is InChI=1S/C12H24N2O5/c1-8(9(7-15)14-11(17)18-5)6-13-10(16)19-12(2,3)4/h8-9,15H,6-7H2,1-5H3,(H,13,16)(H,14,17)/t8?,9-/m0/s1. The molecule has 0 spiro atoms. The average molecular weight is 276 g/mol. The van der Waals surface area contributed by atoms with Crippen molar-refractivity contribution in [3.05, 3.63) is 0 Å². The van der Waals surface area contributed by atoms with Crippen LogP contribution in [0.5, 0.6) is 0 Å². The van der Waals surface area contributed by atoms with Gasteiger partial charge in [-0.25, -0.2) is 9.59 Å². The SMILES string of the molecule is COC(=O)N[C@@H](CO)C(C)CNC(=O)OC(C)(C)C. The summed E-state index contributed by atoms with van der Waals surface area (Å²) in [6, 6.07) is -0.498. The molecule has 0 aromatic carbocycles. The predicted molar refractivity (Wildman–Crippen MR) is 69.8 cm³/mol. The van der Waals surface area contributed by atoms with Crippen molar-refractivity contribution in [2.45, 2.75) is 39.3 Å². The summed E-state index contributed by atoms with van der Waals surface area (Å²) in [5.41, 5.74) is -0.562. The van der Waals surface area contributed by atoms with Crippen molar-refractivity contribution in [1.82, 2.24) is 10.6 Å². The monoisotopic (exact) mass is 276 g/mol. The number of ether oxygens (including phenoxy) is 2. The fourth-order valence-electron chi connectivity index (χ4n) is 1.28. The molecule has 0 radical (unpaired) electrons. The summed E-state index contributed by atoms with van der Waals surface area (Å²) in [5.74, 6) is -0.170. The number of aliphatic hydroxyl groups is 1. The van der Waals surface area contributed by atoms with Gasteiger partial charge in [-0.2, -0.15) is 0 Å². The number of nitrogens with one attached hydrogen (secondary N) is 2. The molecular formula is C12H24N2O5. The highest BCUT2D eigenvalue weighted by Gasteiger charge is 2.21. The Balaban J connectivity index is 4.16. The summed E-state index contributed by atoms with van der Waals surface area (Å²) in [4.78, 5) is 22.5. The molecule has 0 heterocycles. The lowest BCUT2D eigenvalue weighted by atomic mass is 10.0. The summed E-state index contributed by atoms with van der Waals surface area (Å²) in [6.07, 6.45) is -1.16. The lowest BCUT2D eigenvalue weighted by Gasteiger charge is -2.24. The molecule has 7 nitrogen and oxygen atoms in total. The second-order valence-corrected chi connectivity index (χ2v) is 5.29. The number of rotatable bonds is 5. The average Bonchev–Trinajstić information content (AvgIpc) is 2.30. The first-order valence-corrected chi connectivity index (χ1v) is 6.11. The van der Waals surface area contributed by atoms with Crippen molar-refractivity contribution >= 4 is 12.2 Å². The summed E-state index contributed by atoms with van der Waals surface area (Å²) < 4.78 is 9.53. The molecular weight excluding hydrogens is 252 g/mol. The maximum Gasteiger partial charge on any atom is 0.407 e. The number of aliphatic hydroxyl groups excluding tert-OH is 1. The molecule has 0 aliphatic heterocycles. The minimum Gasteiger partial charge on any atom is -0.453 e. The topological polar surface area (TPSA) is 96.9 Å². The van der Waals surface area contributed by atoms with Gasteiger partial charge in [-0.1, -0.05) is 6.92 Å². The molecule has 1 unspecified atom stereocenters. The van der Waals surface area contributed by atoms with Gasteiger partial charge in [0.2, 0.25) is 0 Å². The zero-order chi connectivity index (χ0) is 15.1. The Labute approximate surface area is 113 Å². The zero-order valence-electron chi connectivity index (χ0n) is 12.1. The van der Waals surface area contributed by atoms with Gasteiger partial charge in [0.05, 0.1) is 19.8 Å². The van der Waals surface area contributed by atoms with Gasteiger partial charge >= 0.3 is 12.2 Å². The Bertz CT molecular complexity index is 301. The molecule has 0 aliphatic carbocycles. The van der Waals surface area contributed by atoms with Gasteiger partial charge in [0.15, 0.2) is 0 Å². The van der Waals surface area contributed by atoms with Gasteiger partial charge in [0.1, 0.15) is 5.60 Å². The molecule has 0 aliphatic rings. The van der Waals surface area contributed by atoms with Crippen LogP contribution < -0.4 is 10.6 Å².